The molecule has 27 heavy (non-hydrogen) atoms. The minimum absolute atomic E-state index is 0.475. The van der Waals surface area contributed by atoms with Crippen molar-refractivity contribution in [2.75, 3.05) is 11.2 Å². The van der Waals surface area contributed by atoms with Gasteiger partial charge in [-0.25, -0.2) is 14.8 Å². The topological polar surface area (TPSA) is 106 Å². The van der Waals surface area contributed by atoms with Gasteiger partial charge in [-0.05, 0) is 52.7 Å². The summed E-state index contributed by atoms with van der Waals surface area (Å²) >= 11 is -1.86. The predicted molar refractivity (Wildman–Crippen MR) is 106 cm³/mol. The quantitative estimate of drug-likeness (QED) is 0.412. The summed E-state index contributed by atoms with van der Waals surface area (Å²) in [5.74, 6) is 5.43. The van der Waals surface area contributed by atoms with Crippen LogP contribution in [0, 0.1) is 20.8 Å². The summed E-state index contributed by atoms with van der Waals surface area (Å²) in [6.07, 6.45) is 2.79. The molecule has 8 heteroatoms. The highest BCUT2D eigenvalue weighted by Gasteiger charge is 2.16. The third kappa shape index (κ3) is 8.19. The van der Waals surface area contributed by atoms with E-state index < -0.39 is 22.8 Å². The van der Waals surface area contributed by atoms with Crippen molar-refractivity contribution in [3.8, 4) is 0 Å². The lowest BCUT2D eigenvalue weighted by Crippen LogP contribution is -2.43. The molecule has 0 saturated carbocycles. The maximum absolute atomic E-state index is 11.3. The van der Waals surface area contributed by atoms with E-state index >= 15 is 0 Å². The average molecular weight is 395 g/mol. The van der Waals surface area contributed by atoms with Gasteiger partial charge < -0.3 is 9.29 Å². The van der Waals surface area contributed by atoms with Crippen LogP contribution in [-0.4, -0.2) is 20.5 Å². The lowest BCUT2D eigenvalue weighted by molar-refractivity contribution is -0.638. The van der Waals surface area contributed by atoms with E-state index in [1.165, 1.54) is 4.68 Å². The van der Waals surface area contributed by atoms with E-state index in [9.17, 15) is 9.00 Å². The number of carbonyl (C=O) groups is 1. The van der Waals surface area contributed by atoms with E-state index in [0.29, 0.717) is 10.6 Å². The Morgan fingerprint density at radius 2 is 1.63 bits per heavy atom. The molecule has 0 aliphatic heterocycles. The van der Waals surface area contributed by atoms with Crippen molar-refractivity contribution >= 4 is 22.9 Å². The fourth-order valence-corrected chi connectivity index (χ4v) is 3.05. The smallest absolute Gasteiger partial charge is 0.412 e. The minimum Gasteiger partial charge on any atom is -0.444 e. The first-order chi connectivity index (χ1) is 12.4. The van der Waals surface area contributed by atoms with Crippen molar-refractivity contribution in [1.82, 2.24) is 0 Å². The number of benzene rings is 1. The largest absolute Gasteiger partial charge is 0.444 e. The second-order valence-corrected chi connectivity index (χ2v) is 8.04. The van der Waals surface area contributed by atoms with Crippen LogP contribution < -0.4 is 15.8 Å². The molecule has 0 saturated heterocycles. The Kier molecular flexibility index (Phi) is 7.93. The molecule has 0 radical (unpaired) electrons. The van der Waals surface area contributed by atoms with Crippen LogP contribution in [-0.2, 0) is 15.8 Å². The van der Waals surface area contributed by atoms with Gasteiger partial charge in [0, 0.05) is 12.1 Å². The maximum atomic E-state index is 11.3. The van der Waals surface area contributed by atoms with Gasteiger partial charge >= 0.3 is 6.09 Å². The molecule has 2 aromatic rings. The molecule has 7 nitrogen and oxygen atoms in total. The number of nitrogens with two attached hydrogens (primary N) is 1. The molecule has 0 aliphatic rings. The zero-order chi connectivity index (χ0) is 20.8. The Balaban J connectivity index is 0.000000277. The van der Waals surface area contributed by atoms with Crippen LogP contribution in [0.5, 0.6) is 0 Å². The number of nitrogen functional groups attached to an aromatic ring is 1. The van der Waals surface area contributed by atoms with Gasteiger partial charge in [0.25, 0.3) is 0 Å². The number of hydrogen-bond acceptors (Lipinski definition) is 4. The van der Waals surface area contributed by atoms with Crippen molar-refractivity contribution in [3.05, 3.63) is 53.3 Å². The van der Waals surface area contributed by atoms with Crippen molar-refractivity contribution < 1.29 is 23.0 Å². The van der Waals surface area contributed by atoms with E-state index in [4.69, 9.17) is 15.1 Å². The van der Waals surface area contributed by atoms with Gasteiger partial charge in [0.05, 0.1) is 10.6 Å². The molecule has 1 atom stereocenters. The SMILES string of the molecule is CC(C)(C)OC(=O)Nc1cc[n+](N)cc1.Cc1cc(C)c(S(=O)O)c(C)c1. The summed E-state index contributed by atoms with van der Waals surface area (Å²) in [6, 6.07) is 7.20. The van der Waals surface area contributed by atoms with Crippen molar-refractivity contribution in [1.29, 1.82) is 0 Å². The van der Waals surface area contributed by atoms with E-state index in [1.807, 2.05) is 53.7 Å². The molecule has 2 rings (SSSR count). The highest BCUT2D eigenvalue weighted by molar-refractivity contribution is 7.79. The normalized spacial score (nSPS) is 11.8. The molecule has 1 amide bonds. The number of nitrogens with zero attached hydrogens (tertiary/aromatic N) is 1. The summed E-state index contributed by atoms with van der Waals surface area (Å²) in [5, 5.41) is 2.60. The predicted octanol–water partition coefficient (Wildman–Crippen LogP) is 3.23. The summed E-state index contributed by atoms with van der Waals surface area (Å²) in [5.41, 5.74) is 3.04. The molecule has 1 heterocycles. The van der Waals surface area contributed by atoms with Gasteiger partial charge in [0.2, 0.25) is 12.4 Å². The Morgan fingerprint density at radius 3 is 2.04 bits per heavy atom. The van der Waals surface area contributed by atoms with Crippen molar-refractivity contribution in [2.24, 2.45) is 0 Å². The lowest BCUT2D eigenvalue weighted by atomic mass is 10.1. The monoisotopic (exact) mass is 394 g/mol. The van der Waals surface area contributed by atoms with Gasteiger partial charge in [0.15, 0.2) is 11.1 Å². The number of carbonyl (C=O) groups excluding carboxylic acids is 1. The average Bonchev–Trinajstić information content (AvgIpc) is 2.46. The van der Waals surface area contributed by atoms with Crippen LogP contribution in [0.25, 0.3) is 0 Å². The highest BCUT2D eigenvalue weighted by Crippen LogP contribution is 2.18. The van der Waals surface area contributed by atoms with E-state index in [0.717, 1.165) is 16.7 Å². The number of anilines is 1. The Hall–Kier alpha value is -2.45. The van der Waals surface area contributed by atoms with Gasteiger partial charge in [-0.15, -0.1) is 0 Å². The van der Waals surface area contributed by atoms with Crippen LogP contribution in [0.1, 0.15) is 37.5 Å². The van der Waals surface area contributed by atoms with Gasteiger partial charge in [0.1, 0.15) is 5.60 Å². The number of rotatable bonds is 2. The van der Waals surface area contributed by atoms with Crippen LogP contribution in [0.3, 0.4) is 0 Å². The highest BCUT2D eigenvalue weighted by atomic mass is 32.2. The second-order valence-electron chi connectivity index (χ2n) is 7.14. The lowest BCUT2D eigenvalue weighted by Gasteiger charge is -2.19. The molecule has 1 unspecified atom stereocenters. The van der Waals surface area contributed by atoms with Gasteiger partial charge in [-0.2, -0.15) is 0 Å². The number of aromatic nitrogens is 1. The summed E-state index contributed by atoms with van der Waals surface area (Å²) < 4.78 is 26.3. The zero-order valence-electron chi connectivity index (χ0n) is 16.6. The molecule has 1 aromatic heterocycles. The van der Waals surface area contributed by atoms with Crippen LogP contribution in [0.4, 0.5) is 10.5 Å². The molecule has 0 bridgehead atoms. The molecule has 1 aromatic carbocycles. The van der Waals surface area contributed by atoms with E-state index in [-0.39, 0.29) is 0 Å². The fraction of sp³-hybridized carbons (Fsp3) is 0.368. The van der Waals surface area contributed by atoms with Crippen LogP contribution in [0.2, 0.25) is 0 Å². The van der Waals surface area contributed by atoms with Gasteiger partial charge in [-0.3, -0.25) is 5.32 Å². The third-order valence-electron chi connectivity index (χ3n) is 3.28. The Morgan fingerprint density at radius 1 is 1.15 bits per heavy atom. The maximum Gasteiger partial charge on any atom is 0.412 e. The molecule has 0 fully saturated rings. The third-order valence-corrected chi connectivity index (χ3v) is 4.27. The van der Waals surface area contributed by atoms with E-state index in [1.54, 1.807) is 24.5 Å². The number of amides is 1. The Bertz CT molecular complexity index is 792. The minimum atomic E-state index is -1.86. The molecule has 0 spiro atoms. The number of pyridine rings is 1. The van der Waals surface area contributed by atoms with Crippen LogP contribution in [0.15, 0.2) is 41.6 Å². The van der Waals surface area contributed by atoms with Crippen molar-refractivity contribution in [2.45, 2.75) is 52.0 Å². The number of aryl methyl sites for hydroxylation is 3. The number of ether oxygens (including phenoxy) is 1. The first-order valence-corrected chi connectivity index (χ1v) is 9.45. The molecule has 0 aliphatic carbocycles. The Labute approximate surface area is 162 Å². The number of nitrogens with one attached hydrogen (secondary N) is 1. The molecular weight excluding hydrogens is 366 g/mol. The standard InChI is InChI=1S/C10H15N3O2.C9H12O2S/c1-10(2,3)15-9(14)12-8-4-6-13(11)7-5-8;1-6-4-7(2)9(12(10)11)8(3)5-6/h4-7H,11H2,1-3H3;4-5H,1-3H3,(H,10,11)/p+1. The van der Waals surface area contributed by atoms with E-state index in [2.05, 4.69) is 5.32 Å². The summed E-state index contributed by atoms with van der Waals surface area (Å²) in [6.45, 7) is 11.1. The van der Waals surface area contributed by atoms with Crippen LogP contribution >= 0.6 is 0 Å². The fourth-order valence-electron chi connectivity index (χ4n) is 2.38. The molecule has 148 valence electrons. The first-order valence-electron chi connectivity index (χ1n) is 8.34. The van der Waals surface area contributed by atoms with Gasteiger partial charge in [-0.1, -0.05) is 22.4 Å². The second kappa shape index (κ2) is 9.48. The summed E-state index contributed by atoms with van der Waals surface area (Å²) in [4.78, 5) is 11.9. The van der Waals surface area contributed by atoms with Crippen molar-refractivity contribution in [3.63, 3.8) is 0 Å². The molecular formula is C19H28N3O4S+. The molecule has 4 N–H and O–H groups in total. The first kappa shape index (κ1) is 22.6. The summed E-state index contributed by atoms with van der Waals surface area (Å²) in [7, 11) is 0. The number of hydrogen-bond donors (Lipinski definition) is 3. The zero-order valence-corrected chi connectivity index (χ0v) is 17.4.